The first-order valence-electron chi connectivity index (χ1n) is 7.17. The lowest BCUT2D eigenvalue weighted by Crippen LogP contribution is -2.17. The van der Waals surface area contributed by atoms with Gasteiger partial charge in [-0.3, -0.25) is 0 Å². The molecule has 2 heteroatoms. The second-order valence-corrected chi connectivity index (χ2v) is 6.80. The Morgan fingerprint density at radius 3 is 1.80 bits per heavy atom. The molecule has 106 valence electrons. The zero-order chi connectivity index (χ0) is 14.5. The fourth-order valence-corrected chi connectivity index (χ4v) is 2.94. The molecule has 0 radical (unpaired) electrons. The Labute approximate surface area is 126 Å². The predicted molar refractivity (Wildman–Crippen MR) is 88.4 cm³/mol. The van der Waals surface area contributed by atoms with Gasteiger partial charge in [0.05, 0.1) is 0 Å². The monoisotopic (exact) mass is 285 g/mol. The molecule has 20 heavy (non-hydrogen) atoms. The average molecular weight is 285 g/mol. The molecule has 0 aliphatic heterocycles. The number of hydrogen-bond acceptors (Lipinski definition) is 2. The van der Waals surface area contributed by atoms with Crippen LogP contribution in [0.5, 0.6) is 0 Å². The van der Waals surface area contributed by atoms with Crippen LogP contribution in [0, 0.1) is 0 Å². The Hall–Kier alpha value is -1.25. The minimum atomic E-state index is 0.220. The second kappa shape index (κ2) is 6.96. The van der Waals surface area contributed by atoms with Gasteiger partial charge in [0.15, 0.2) is 0 Å². The van der Waals surface area contributed by atoms with Crippen LogP contribution in [0.15, 0.2) is 58.3 Å². The highest BCUT2D eigenvalue weighted by atomic mass is 32.2. The Balaban J connectivity index is 2.02. The molecule has 0 saturated heterocycles. The van der Waals surface area contributed by atoms with Gasteiger partial charge in [0.25, 0.3) is 0 Å². The zero-order valence-electron chi connectivity index (χ0n) is 12.5. The third kappa shape index (κ3) is 4.39. The van der Waals surface area contributed by atoms with E-state index in [1.807, 2.05) is 6.92 Å². The van der Waals surface area contributed by atoms with Crippen molar-refractivity contribution in [3.8, 4) is 0 Å². The van der Waals surface area contributed by atoms with Gasteiger partial charge in [0.2, 0.25) is 0 Å². The van der Waals surface area contributed by atoms with Crippen molar-refractivity contribution >= 4 is 11.8 Å². The molecular formula is C18H23NS. The molecule has 0 bridgehead atoms. The van der Waals surface area contributed by atoms with Gasteiger partial charge in [-0.1, -0.05) is 49.9 Å². The molecule has 1 nitrogen and oxygen atoms in total. The molecule has 2 aromatic rings. The molecule has 0 aliphatic carbocycles. The van der Waals surface area contributed by atoms with E-state index in [2.05, 4.69) is 62.4 Å². The molecular weight excluding hydrogens is 262 g/mol. The summed E-state index contributed by atoms with van der Waals surface area (Å²) in [6, 6.07) is 17.8. The van der Waals surface area contributed by atoms with E-state index in [9.17, 15) is 0 Å². The molecule has 2 N–H and O–H groups in total. The van der Waals surface area contributed by atoms with Gasteiger partial charge in [-0.05, 0) is 54.7 Å². The number of rotatable bonds is 5. The third-order valence-corrected chi connectivity index (χ3v) is 4.28. The molecule has 0 heterocycles. The highest BCUT2D eigenvalue weighted by Crippen LogP contribution is 2.29. The predicted octanol–water partition coefficient (Wildman–Crippen LogP) is 4.85. The second-order valence-electron chi connectivity index (χ2n) is 5.65. The Bertz CT molecular complexity index is 526. The first kappa shape index (κ1) is 15.1. The van der Waals surface area contributed by atoms with Crippen LogP contribution in [-0.4, -0.2) is 6.04 Å². The minimum Gasteiger partial charge on any atom is -0.328 e. The van der Waals surface area contributed by atoms with Gasteiger partial charge in [-0.25, -0.2) is 0 Å². The van der Waals surface area contributed by atoms with Crippen LogP contribution in [0.3, 0.4) is 0 Å². The van der Waals surface area contributed by atoms with Crippen LogP contribution in [0.1, 0.15) is 37.8 Å². The summed E-state index contributed by atoms with van der Waals surface area (Å²) in [5, 5.41) is 0. The highest BCUT2D eigenvalue weighted by molar-refractivity contribution is 7.99. The molecule has 1 unspecified atom stereocenters. The lowest BCUT2D eigenvalue weighted by atomic mass is 10.0. The standard InChI is InChI=1S/C18H23NS/c1-13(2)16-6-10-18(11-7-16)20-17-8-4-15(5-9-17)12-14(3)19/h4-11,13-14H,12,19H2,1-3H3. The first-order chi connectivity index (χ1) is 9.54. The largest absolute Gasteiger partial charge is 0.328 e. The third-order valence-electron chi connectivity index (χ3n) is 3.26. The normalized spacial score (nSPS) is 12.7. The van der Waals surface area contributed by atoms with E-state index in [1.54, 1.807) is 11.8 Å². The van der Waals surface area contributed by atoms with E-state index in [0.717, 1.165) is 6.42 Å². The van der Waals surface area contributed by atoms with Gasteiger partial charge in [-0.15, -0.1) is 0 Å². The fraction of sp³-hybridized carbons (Fsp3) is 0.333. The zero-order valence-corrected chi connectivity index (χ0v) is 13.3. The molecule has 0 amide bonds. The Kier molecular flexibility index (Phi) is 5.27. The van der Waals surface area contributed by atoms with Crippen molar-refractivity contribution < 1.29 is 0 Å². The minimum absolute atomic E-state index is 0.220. The molecule has 2 rings (SSSR count). The average Bonchev–Trinajstić information content (AvgIpc) is 2.41. The Morgan fingerprint density at radius 1 is 0.850 bits per heavy atom. The number of nitrogens with two attached hydrogens (primary N) is 1. The molecule has 0 aromatic heterocycles. The van der Waals surface area contributed by atoms with E-state index in [1.165, 1.54) is 20.9 Å². The molecule has 0 aliphatic rings. The van der Waals surface area contributed by atoms with Crippen LogP contribution in [0.2, 0.25) is 0 Å². The summed E-state index contributed by atoms with van der Waals surface area (Å²) in [6.07, 6.45) is 0.939. The Morgan fingerprint density at radius 2 is 1.35 bits per heavy atom. The van der Waals surface area contributed by atoms with Crippen molar-refractivity contribution in [1.82, 2.24) is 0 Å². The van der Waals surface area contributed by atoms with E-state index >= 15 is 0 Å². The van der Waals surface area contributed by atoms with E-state index < -0.39 is 0 Å². The van der Waals surface area contributed by atoms with Gasteiger partial charge in [0, 0.05) is 15.8 Å². The van der Waals surface area contributed by atoms with Gasteiger partial charge in [0.1, 0.15) is 0 Å². The summed E-state index contributed by atoms with van der Waals surface area (Å²) >= 11 is 1.80. The summed E-state index contributed by atoms with van der Waals surface area (Å²) in [5.74, 6) is 0.589. The molecule has 0 fully saturated rings. The highest BCUT2D eigenvalue weighted by Gasteiger charge is 2.02. The molecule has 1 atom stereocenters. The number of benzene rings is 2. The topological polar surface area (TPSA) is 26.0 Å². The van der Waals surface area contributed by atoms with E-state index in [4.69, 9.17) is 5.73 Å². The van der Waals surface area contributed by atoms with Crippen LogP contribution >= 0.6 is 11.8 Å². The maximum atomic E-state index is 5.82. The van der Waals surface area contributed by atoms with Crippen molar-refractivity contribution in [2.24, 2.45) is 5.73 Å². The smallest absolute Gasteiger partial charge is 0.0122 e. The van der Waals surface area contributed by atoms with Gasteiger partial charge in [-0.2, -0.15) is 0 Å². The van der Waals surface area contributed by atoms with E-state index in [0.29, 0.717) is 5.92 Å². The quantitative estimate of drug-likeness (QED) is 0.849. The molecule has 2 aromatic carbocycles. The summed E-state index contributed by atoms with van der Waals surface area (Å²) in [6.45, 7) is 6.48. The summed E-state index contributed by atoms with van der Waals surface area (Å²) in [4.78, 5) is 2.56. The maximum Gasteiger partial charge on any atom is 0.0122 e. The van der Waals surface area contributed by atoms with Crippen molar-refractivity contribution in [1.29, 1.82) is 0 Å². The molecule has 0 saturated carbocycles. The van der Waals surface area contributed by atoms with E-state index in [-0.39, 0.29) is 6.04 Å². The lowest BCUT2D eigenvalue weighted by molar-refractivity contribution is 0.737. The van der Waals surface area contributed by atoms with Gasteiger partial charge >= 0.3 is 0 Å². The van der Waals surface area contributed by atoms with Crippen LogP contribution in [0.25, 0.3) is 0 Å². The SMILES string of the molecule is CC(N)Cc1ccc(Sc2ccc(C(C)C)cc2)cc1. The maximum absolute atomic E-state index is 5.82. The van der Waals surface area contributed by atoms with Crippen molar-refractivity contribution in [2.75, 3.05) is 0 Å². The van der Waals surface area contributed by atoms with Crippen molar-refractivity contribution in [3.05, 3.63) is 59.7 Å². The van der Waals surface area contributed by atoms with Crippen LogP contribution in [0.4, 0.5) is 0 Å². The summed E-state index contributed by atoms with van der Waals surface area (Å²) in [5.41, 5.74) is 8.51. The van der Waals surface area contributed by atoms with Gasteiger partial charge < -0.3 is 5.73 Å². The summed E-state index contributed by atoms with van der Waals surface area (Å²) < 4.78 is 0. The van der Waals surface area contributed by atoms with Crippen molar-refractivity contribution in [3.63, 3.8) is 0 Å². The fourth-order valence-electron chi connectivity index (χ4n) is 2.12. The van der Waals surface area contributed by atoms with Crippen LogP contribution < -0.4 is 5.73 Å². The van der Waals surface area contributed by atoms with Crippen molar-refractivity contribution in [2.45, 2.75) is 48.9 Å². The first-order valence-corrected chi connectivity index (χ1v) is 7.98. The number of hydrogen-bond donors (Lipinski definition) is 1. The lowest BCUT2D eigenvalue weighted by Gasteiger charge is -2.08. The van der Waals surface area contributed by atoms with Crippen LogP contribution in [-0.2, 0) is 6.42 Å². The molecule has 0 spiro atoms. The summed E-state index contributed by atoms with van der Waals surface area (Å²) in [7, 11) is 0.